The smallest absolute Gasteiger partial charge is 0.237 e. The number of aromatic nitrogens is 3. The van der Waals surface area contributed by atoms with Gasteiger partial charge in [-0.3, -0.25) is 4.79 Å². The zero-order valence-electron chi connectivity index (χ0n) is 17.5. The van der Waals surface area contributed by atoms with Gasteiger partial charge in [0.15, 0.2) is 11.0 Å². The molecular formula is C22H25FN4O2S. The van der Waals surface area contributed by atoms with Crippen molar-refractivity contribution < 1.29 is 13.9 Å². The molecular weight excluding hydrogens is 403 g/mol. The Morgan fingerprint density at radius 1 is 1.23 bits per heavy atom. The van der Waals surface area contributed by atoms with E-state index in [9.17, 15) is 9.18 Å². The molecule has 0 fully saturated rings. The van der Waals surface area contributed by atoms with E-state index in [0.29, 0.717) is 17.5 Å². The number of nitrogens with zero attached hydrogens (tertiary/aromatic N) is 3. The standard InChI is InChI=1S/C22H25FN4O2S/c1-5-27-20(13-29-19-12-14(2)10-11-15(19)3)25-26-22(27)30-16(4)21(28)24-18-9-7-6-8-17(18)23/h6-12,16H,5,13H2,1-4H3,(H,24,28)/t16-/m1/s1. The number of hydrogen-bond donors (Lipinski definition) is 1. The minimum atomic E-state index is -0.480. The van der Waals surface area contributed by atoms with E-state index in [-0.39, 0.29) is 18.2 Å². The Balaban J connectivity index is 1.66. The Labute approximate surface area is 179 Å². The lowest BCUT2D eigenvalue weighted by atomic mass is 10.1. The van der Waals surface area contributed by atoms with Crippen LogP contribution in [0.15, 0.2) is 47.6 Å². The van der Waals surface area contributed by atoms with Crippen molar-refractivity contribution >= 4 is 23.4 Å². The van der Waals surface area contributed by atoms with Crippen molar-refractivity contribution in [2.24, 2.45) is 0 Å². The summed E-state index contributed by atoms with van der Waals surface area (Å²) in [6, 6.07) is 12.1. The van der Waals surface area contributed by atoms with Gasteiger partial charge in [-0.05, 0) is 57.0 Å². The zero-order chi connectivity index (χ0) is 21.7. The Hall–Kier alpha value is -2.87. The molecule has 1 aromatic heterocycles. The molecule has 1 heterocycles. The van der Waals surface area contributed by atoms with Crippen molar-refractivity contribution in [1.82, 2.24) is 14.8 Å². The van der Waals surface area contributed by atoms with E-state index in [2.05, 4.69) is 15.5 Å². The summed E-state index contributed by atoms with van der Waals surface area (Å²) >= 11 is 1.28. The minimum absolute atomic E-state index is 0.162. The largest absolute Gasteiger partial charge is 0.485 e. The predicted molar refractivity (Wildman–Crippen MR) is 116 cm³/mol. The highest BCUT2D eigenvalue weighted by Crippen LogP contribution is 2.25. The van der Waals surface area contributed by atoms with Gasteiger partial charge in [-0.2, -0.15) is 0 Å². The Morgan fingerprint density at radius 2 is 2.00 bits per heavy atom. The van der Waals surface area contributed by atoms with Crippen LogP contribution in [0.25, 0.3) is 0 Å². The Bertz CT molecular complexity index is 1040. The van der Waals surface area contributed by atoms with Crippen molar-refractivity contribution in [3.63, 3.8) is 0 Å². The molecule has 0 bridgehead atoms. The number of para-hydroxylation sites is 1. The van der Waals surface area contributed by atoms with Gasteiger partial charge in [0.2, 0.25) is 5.91 Å². The van der Waals surface area contributed by atoms with E-state index in [1.165, 1.54) is 23.9 Å². The molecule has 1 amide bonds. The first-order chi connectivity index (χ1) is 14.4. The molecule has 0 saturated heterocycles. The summed E-state index contributed by atoms with van der Waals surface area (Å²) in [5.74, 6) is 0.727. The first-order valence-electron chi connectivity index (χ1n) is 9.73. The number of ether oxygens (including phenoxy) is 1. The number of nitrogens with one attached hydrogen (secondary N) is 1. The summed E-state index contributed by atoms with van der Waals surface area (Å²) in [4.78, 5) is 12.5. The summed E-state index contributed by atoms with van der Waals surface area (Å²) < 4.78 is 21.6. The maximum Gasteiger partial charge on any atom is 0.237 e. The first-order valence-corrected chi connectivity index (χ1v) is 10.6. The van der Waals surface area contributed by atoms with E-state index in [0.717, 1.165) is 16.9 Å². The molecule has 6 nitrogen and oxygen atoms in total. The molecule has 0 unspecified atom stereocenters. The normalized spacial score (nSPS) is 11.9. The lowest BCUT2D eigenvalue weighted by molar-refractivity contribution is -0.115. The van der Waals surface area contributed by atoms with Gasteiger partial charge in [0.25, 0.3) is 0 Å². The van der Waals surface area contributed by atoms with Gasteiger partial charge in [0.1, 0.15) is 18.2 Å². The monoisotopic (exact) mass is 428 g/mol. The second kappa shape index (κ2) is 9.75. The highest BCUT2D eigenvalue weighted by molar-refractivity contribution is 8.00. The summed E-state index contributed by atoms with van der Waals surface area (Å²) in [5, 5.41) is 11.2. The van der Waals surface area contributed by atoms with Crippen LogP contribution >= 0.6 is 11.8 Å². The van der Waals surface area contributed by atoms with Crippen molar-refractivity contribution in [3.05, 3.63) is 65.2 Å². The molecule has 0 aliphatic rings. The van der Waals surface area contributed by atoms with Crippen LogP contribution in [0, 0.1) is 19.7 Å². The number of carbonyl (C=O) groups is 1. The number of benzene rings is 2. The number of amides is 1. The van der Waals surface area contributed by atoms with Crippen molar-refractivity contribution in [3.8, 4) is 5.75 Å². The Kier molecular flexibility index (Phi) is 7.10. The van der Waals surface area contributed by atoms with Crippen LogP contribution in [0.5, 0.6) is 5.75 Å². The molecule has 3 aromatic rings. The zero-order valence-corrected chi connectivity index (χ0v) is 18.3. The Morgan fingerprint density at radius 3 is 2.73 bits per heavy atom. The highest BCUT2D eigenvalue weighted by Gasteiger charge is 2.21. The quantitative estimate of drug-likeness (QED) is 0.524. The van der Waals surface area contributed by atoms with Crippen molar-refractivity contribution in [1.29, 1.82) is 0 Å². The van der Waals surface area contributed by atoms with Gasteiger partial charge >= 0.3 is 0 Å². The van der Waals surface area contributed by atoms with Crippen molar-refractivity contribution in [2.75, 3.05) is 5.32 Å². The lowest BCUT2D eigenvalue weighted by Crippen LogP contribution is -2.23. The number of thioether (sulfide) groups is 1. The minimum Gasteiger partial charge on any atom is -0.485 e. The molecule has 30 heavy (non-hydrogen) atoms. The molecule has 0 saturated carbocycles. The molecule has 8 heteroatoms. The average Bonchev–Trinajstić information content (AvgIpc) is 3.11. The van der Waals surface area contributed by atoms with Gasteiger partial charge in [0.05, 0.1) is 10.9 Å². The maximum atomic E-state index is 13.8. The van der Waals surface area contributed by atoms with Crippen LogP contribution < -0.4 is 10.1 Å². The number of anilines is 1. The third-order valence-corrected chi connectivity index (χ3v) is 5.67. The van der Waals surface area contributed by atoms with Crippen LogP contribution in [-0.2, 0) is 17.9 Å². The van der Waals surface area contributed by atoms with Crippen LogP contribution in [-0.4, -0.2) is 25.9 Å². The van der Waals surface area contributed by atoms with E-state index < -0.39 is 11.1 Å². The van der Waals surface area contributed by atoms with Crippen LogP contribution in [0.1, 0.15) is 30.8 Å². The summed E-state index contributed by atoms with van der Waals surface area (Å²) in [6.07, 6.45) is 0. The van der Waals surface area contributed by atoms with E-state index in [1.54, 1.807) is 19.1 Å². The molecule has 3 rings (SSSR count). The van der Waals surface area contributed by atoms with E-state index in [1.807, 2.05) is 43.5 Å². The number of hydrogen-bond acceptors (Lipinski definition) is 5. The molecule has 0 aliphatic carbocycles. The average molecular weight is 429 g/mol. The molecule has 1 atom stereocenters. The molecule has 2 aromatic carbocycles. The number of carbonyl (C=O) groups excluding carboxylic acids is 1. The molecule has 0 radical (unpaired) electrons. The fourth-order valence-electron chi connectivity index (χ4n) is 2.84. The third-order valence-electron chi connectivity index (χ3n) is 4.59. The molecule has 0 spiro atoms. The number of halogens is 1. The maximum absolute atomic E-state index is 13.8. The third kappa shape index (κ3) is 5.18. The lowest BCUT2D eigenvalue weighted by Gasteiger charge is -2.14. The highest BCUT2D eigenvalue weighted by atomic mass is 32.2. The summed E-state index contributed by atoms with van der Waals surface area (Å²) in [7, 11) is 0. The number of aryl methyl sites for hydroxylation is 2. The fraction of sp³-hybridized carbons (Fsp3) is 0.318. The van der Waals surface area contributed by atoms with Gasteiger partial charge in [-0.15, -0.1) is 10.2 Å². The van der Waals surface area contributed by atoms with Gasteiger partial charge in [-0.1, -0.05) is 36.0 Å². The fourth-order valence-corrected chi connectivity index (χ4v) is 3.78. The molecule has 0 aliphatic heterocycles. The van der Waals surface area contributed by atoms with Gasteiger partial charge < -0.3 is 14.6 Å². The summed E-state index contributed by atoms with van der Waals surface area (Å²) in [6.45, 7) is 8.67. The second-order valence-electron chi connectivity index (χ2n) is 6.93. The topological polar surface area (TPSA) is 69.0 Å². The number of rotatable bonds is 8. The van der Waals surface area contributed by atoms with Crippen molar-refractivity contribution in [2.45, 2.75) is 51.3 Å². The van der Waals surface area contributed by atoms with Gasteiger partial charge in [0, 0.05) is 6.54 Å². The van der Waals surface area contributed by atoms with E-state index in [4.69, 9.17) is 4.74 Å². The first kappa shape index (κ1) is 21.8. The van der Waals surface area contributed by atoms with E-state index >= 15 is 0 Å². The summed E-state index contributed by atoms with van der Waals surface area (Å²) in [5.41, 5.74) is 2.34. The van der Waals surface area contributed by atoms with Crippen LogP contribution in [0.3, 0.4) is 0 Å². The SMILES string of the molecule is CCn1c(COc2cc(C)ccc2C)nnc1S[C@H](C)C(=O)Nc1ccccc1F. The molecule has 158 valence electrons. The van der Waals surface area contributed by atoms with Crippen LogP contribution in [0.4, 0.5) is 10.1 Å². The van der Waals surface area contributed by atoms with Gasteiger partial charge in [-0.25, -0.2) is 4.39 Å². The second-order valence-corrected chi connectivity index (χ2v) is 8.24. The molecule has 1 N–H and O–H groups in total. The predicted octanol–water partition coefficient (Wildman–Crippen LogP) is 4.75. The van der Waals surface area contributed by atoms with Crippen LogP contribution in [0.2, 0.25) is 0 Å².